The number of aromatic nitrogens is 1. The minimum absolute atomic E-state index is 0.0168. The van der Waals surface area contributed by atoms with Gasteiger partial charge in [0, 0.05) is 25.2 Å². The molecule has 0 spiro atoms. The summed E-state index contributed by atoms with van der Waals surface area (Å²) in [7, 11) is 0. The lowest BCUT2D eigenvalue weighted by atomic mass is 9.96. The number of carbonyl (C=O) groups excluding carboxylic acids is 2. The molecule has 0 aliphatic carbocycles. The van der Waals surface area contributed by atoms with Gasteiger partial charge in [-0.1, -0.05) is 0 Å². The van der Waals surface area contributed by atoms with E-state index in [0.717, 1.165) is 0 Å². The topological polar surface area (TPSA) is 71.5 Å². The van der Waals surface area contributed by atoms with Crippen molar-refractivity contribution in [1.29, 1.82) is 0 Å². The summed E-state index contributed by atoms with van der Waals surface area (Å²) in [4.78, 5) is 29.8. The number of carbonyl (C=O) groups is 2. The lowest BCUT2D eigenvalue weighted by molar-refractivity contribution is -0.121. The molecule has 1 aliphatic heterocycles. The maximum atomic E-state index is 12.2. The van der Waals surface area contributed by atoms with Crippen molar-refractivity contribution in [3.05, 3.63) is 24.5 Å². The molecule has 1 aliphatic rings. The number of piperidine rings is 1. The van der Waals surface area contributed by atoms with Crippen molar-refractivity contribution in [3.8, 4) is 0 Å². The first-order valence-corrected chi connectivity index (χ1v) is 7.54. The summed E-state index contributed by atoms with van der Waals surface area (Å²) >= 11 is 0. The van der Waals surface area contributed by atoms with Gasteiger partial charge in [0.15, 0.2) is 0 Å². The van der Waals surface area contributed by atoms with Gasteiger partial charge in [0.2, 0.25) is 5.91 Å². The Kier molecular flexibility index (Phi) is 5.00. The van der Waals surface area contributed by atoms with Gasteiger partial charge in [-0.05, 0) is 45.7 Å². The van der Waals surface area contributed by atoms with Crippen molar-refractivity contribution in [2.45, 2.75) is 39.2 Å². The SMILES string of the molecule is CC(C)(C)OC(=O)N1CCC(C(=O)Nc2cccnc2)CC1. The van der Waals surface area contributed by atoms with Gasteiger partial charge < -0.3 is 15.0 Å². The highest BCUT2D eigenvalue weighted by atomic mass is 16.6. The third kappa shape index (κ3) is 4.72. The number of pyridine rings is 1. The van der Waals surface area contributed by atoms with Crippen LogP contribution in [0.15, 0.2) is 24.5 Å². The monoisotopic (exact) mass is 305 g/mol. The van der Waals surface area contributed by atoms with Gasteiger partial charge in [-0.15, -0.1) is 0 Å². The van der Waals surface area contributed by atoms with Gasteiger partial charge in [-0.25, -0.2) is 4.79 Å². The molecule has 2 rings (SSSR count). The minimum Gasteiger partial charge on any atom is -0.444 e. The Bertz CT molecular complexity index is 517. The van der Waals surface area contributed by atoms with E-state index in [0.29, 0.717) is 31.6 Å². The second-order valence-electron chi connectivity index (χ2n) is 6.47. The van der Waals surface area contributed by atoms with E-state index in [1.54, 1.807) is 29.4 Å². The Morgan fingerprint density at radius 1 is 1.32 bits per heavy atom. The van der Waals surface area contributed by atoms with Gasteiger partial charge >= 0.3 is 6.09 Å². The molecule has 0 radical (unpaired) electrons. The number of nitrogens with zero attached hydrogens (tertiary/aromatic N) is 2. The first-order valence-electron chi connectivity index (χ1n) is 7.54. The van der Waals surface area contributed by atoms with Crippen molar-refractivity contribution >= 4 is 17.7 Å². The molecule has 1 aromatic heterocycles. The fraction of sp³-hybridized carbons (Fsp3) is 0.562. The molecule has 2 heterocycles. The number of likely N-dealkylation sites (tertiary alicyclic amines) is 1. The van der Waals surface area contributed by atoms with Crippen LogP contribution in [0.5, 0.6) is 0 Å². The van der Waals surface area contributed by atoms with E-state index in [4.69, 9.17) is 4.74 Å². The molecule has 6 nitrogen and oxygen atoms in total. The lowest BCUT2D eigenvalue weighted by Crippen LogP contribution is -2.43. The van der Waals surface area contributed by atoms with Gasteiger partial charge in [-0.3, -0.25) is 9.78 Å². The molecule has 120 valence electrons. The quantitative estimate of drug-likeness (QED) is 0.912. The lowest BCUT2D eigenvalue weighted by Gasteiger charge is -2.32. The maximum Gasteiger partial charge on any atom is 0.410 e. The van der Waals surface area contributed by atoms with Gasteiger partial charge in [0.05, 0.1) is 11.9 Å². The summed E-state index contributed by atoms with van der Waals surface area (Å²) < 4.78 is 5.35. The van der Waals surface area contributed by atoms with E-state index >= 15 is 0 Å². The summed E-state index contributed by atoms with van der Waals surface area (Å²) in [5.74, 6) is -0.101. The largest absolute Gasteiger partial charge is 0.444 e. The number of hydrogen-bond acceptors (Lipinski definition) is 4. The van der Waals surface area contributed by atoms with Crippen LogP contribution >= 0.6 is 0 Å². The zero-order valence-corrected chi connectivity index (χ0v) is 13.3. The molecular weight excluding hydrogens is 282 g/mol. The first kappa shape index (κ1) is 16.3. The maximum absolute atomic E-state index is 12.2. The van der Waals surface area contributed by atoms with Gasteiger partial charge in [0.25, 0.3) is 0 Å². The molecule has 1 aromatic rings. The second kappa shape index (κ2) is 6.77. The Balaban J connectivity index is 1.82. The molecule has 1 N–H and O–H groups in total. The fourth-order valence-corrected chi connectivity index (χ4v) is 2.33. The van der Waals surface area contributed by atoms with Crippen LogP contribution in [0, 0.1) is 5.92 Å². The highest BCUT2D eigenvalue weighted by molar-refractivity contribution is 5.92. The van der Waals surface area contributed by atoms with Crippen molar-refractivity contribution in [1.82, 2.24) is 9.88 Å². The number of nitrogens with one attached hydrogen (secondary N) is 1. The number of amides is 2. The third-order valence-electron chi connectivity index (χ3n) is 3.45. The molecule has 6 heteroatoms. The van der Waals surface area contributed by atoms with E-state index < -0.39 is 5.60 Å². The number of anilines is 1. The summed E-state index contributed by atoms with van der Waals surface area (Å²) in [6.07, 6.45) is 4.26. The number of ether oxygens (including phenoxy) is 1. The van der Waals surface area contributed by atoms with Crippen LogP contribution in [0.2, 0.25) is 0 Å². The molecule has 0 unspecified atom stereocenters. The fourth-order valence-electron chi connectivity index (χ4n) is 2.33. The highest BCUT2D eigenvalue weighted by Gasteiger charge is 2.29. The van der Waals surface area contributed by atoms with Crippen LogP contribution in [0.1, 0.15) is 33.6 Å². The third-order valence-corrected chi connectivity index (χ3v) is 3.45. The standard InChI is InChI=1S/C16H23N3O3/c1-16(2,3)22-15(21)19-9-6-12(7-10-19)14(20)18-13-5-4-8-17-11-13/h4-5,8,11-12H,6-7,9-10H2,1-3H3,(H,18,20). The minimum atomic E-state index is -0.494. The van der Waals surface area contributed by atoms with Crippen LogP contribution in [0.4, 0.5) is 10.5 Å². The smallest absolute Gasteiger partial charge is 0.410 e. The van der Waals surface area contributed by atoms with Crippen LogP contribution in [-0.4, -0.2) is 40.6 Å². The zero-order chi connectivity index (χ0) is 16.2. The predicted molar refractivity (Wildman–Crippen MR) is 83.4 cm³/mol. The molecule has 2 amide bonds. The van der Waals surface area contributed by atoms with Crippen LogP contribution in [-0.2, 0) is 9.53 Å². The van der Waals surface area contributed by atoms with Crippen LogP contribution < -0.4 is 5.32 Å². The zero-order valence-electron chi connectivity index (χ0n) is 13.3. The number of rotatable bonds is 2. The van der Waals surface area contributed by atoms with Crippen LogP contribution in [0.3, 0.4) is 0 Å². The molecule has 0 saturated carbocycles. The van der Waals surface area contributed by atoms with Crippen LogP contribution in [0.25, 0.3) is 0 Å². The molecule has 1 saturated heterocycles. The predicted octanol–water partition coefficient (Wildman–Crippen LogP) is 2.67. The Morgan fingerprint density at radius 3 is 2.55 bits per heavy atom. The van der Waals surface area contributed by atoms with Gasteiger partial charge in [0.1, 0.15) is 5.60 Å². The summed E-state index contributed by atoms with van der Waals surface area (Å²) in [6, 6.07) is 3.58. The normalized spacial score (nSPS) is 16.2. The average molecular weight is 305 g/mol. The second-order valence-corrected chi connectivity index (χ2v) is 6.47. The van der Waals surface area contributed by atoms with E-state index in [2.05, 4.69) is 10.3 Å². The van der Waals surface area contributed by atoms with E-state index in [-0.39, 0.29) is 17.9 Å². The summed E-state index contributed by atoms with van der Waals surface area (Å²) in [6.45, 7) is 6.62. The van der Waals surface area contributed by atoms with E-state index in [1.165, 1.54) is 0 Å². The van der Waals surface area contributed by atoms with Gasteiger partial charge in [-0.2, -0.15) is 0 Å². The van der Waals surface area contributed by atoms with Crippen molar-refractivity contribution in [3.63, 3.8) is 0 Å². The Hall–Kier alpha value is -2.11. The average Bonchev–Trinajstić information content (AvgIpc) is 2.46. The molecular formula is C16H23N3O3. The Morgan fingerprint density at radius 2 is 2.00 bits per heavy atom. The molecule has 0 bridgehead atoms. The summed E-state index contributed by atoms with van der Waals surface area (Å²) in [5.41, 5.74) is 0.202. The first-order chi connectivity index (χ1) is 10.3. The molecule has 22 heavy (non-hydrogen) atoms. The van der Waals surface area contributed by atoms with E-state index in [1.807, 2.05) is 20.8 Å². The van der Waals surface area contributed by atoms with Crippen molar-refractivity contribution in [2.75, 3.05) is 18.4 Å². The van der Waals surface area contributed by atoms with Crippen molar-refractivity contribution in [2.24, 2.45) is 5.92 Å². The molecule has 1 fully saturated rings. The highest BCUT2D eigenvalue weighted by Crippen LogP contribution is 2.21. The van der Waals surface area contributed by atoms with Crippen molar-refractivity contribution < 1.29 is 14.3 Å². The summed E-state index contributed by atoms with van der Waals surface area (Å²) in [5, 5.41) is 2.86. The van der Waals surface area contributed by atoms with E-state index in [9.17, 15) is 9.59 Å². The number of hydrogen-bond donors (Lipinski definition) is 1. The molecule has 0 atom stereocenters. The molecule has 0 aromatic carbocycles. The Labute approximate surface area is 130 Å².